The Bertz CT molecular complexity index is 604. The van der Waals surface area contributed by atoms with Crippen LogP contribution < -0.4 is 0 Å². The van der Waals surface area contributed by atoms with Crippen LogP contribution in [-0.2, 0) is 14.4 Å². The molecule has 1 amide bonds. The number of nitrogens with zero attached hydrogens (tertiary/aromatic N) is 1. The smallest absolute Gasteiger partial charge is 0.282 e. The van der Waals surface area contributed by atoms with Gasteiger partial charge in [0.15, 0.2) is 6.79 Å². The first-order valence-electron chi connectivity index (χ1n) is 6.78. The third-order valence-electron chi connectivity index (χ3n) is 3.68. The largest absolute Gasteiger partial charge is 0.509 e. The second-order valence-corrected chi connectivity index (χ2v) is 5.74. The minimum Gasteiger partial charge on any atom is -0.509 e. The molecular weight excluding hydrogens is 270 g/mol. The molecule has 0 saturated carbocycles. The lowest BCUT2D eigenvalue weighted by Crippen LogP contribution is -2.43. The summed E-state index contributed by atoms with van der Waals surface area (Å²) in [5.74, 6) is -0.347. The van der Waals surface area contributed by atoms with Crippen molar-refractivity contribution in [3.63, 3.8) is 0 Å². The molecule has 0 saturated heterocycles. The van der Waals surface area contributed by atoms with Crippen LogP contribution in [0.4, 0.5) is 0 Å². The molecule has 0 atom stereocenters. The summed E-state index contributed by atoms with van der Waals surface area (Å²) in [6.45, 7) is 7.27. The molecule has 1 heterocycles. The average molecular weight is 291 g/mol. The second kappa shape index (κ2) is 5.50. The van der Waals surface area contributed by atoms with E-state index < -0.39 is 5.54 Å². The van der Waals surface area contributed by atoms with Gasteiger partial charge in [0.05, 0.1) is 5.57 Å². The van der Waals surface area contributed by atoms with Gasteiger partial charge in [-0.05, 0) is 38.8 Å². The van der Waals surface area contributed by atoms with Gasteiger partial charge in [0, 0.05) is 7.11 Å². The van der Waals surface area contributed by atoms with Crippen molar-refractivity contribution in [3.8, 4) is 0 Å². The average Bonchev–Trinajstić information content (AvgIpc) is 2.58. The van der Waals surface area contributed by atoms with Crippen LogP contribution in [0.15, 0.2) is 24.0 Å². The normalized spacial score (nSPS) is 17.8. The molecule has 0 bridgehead atoms. The van der Waals surface area contributed by atoms with E-state index in [-0.39, 0.29) is 24.0 Å². The van der Waals surface area contributed by atoms with E-state index in [1.165, 1.54) is 12.2 Å². The zero-order valence-corrected chi connectivity index (χ0v) is 13.1. The fourth-order valence-electron chi connectivity index (χ4n) is 2.43. The molecule has 5 nitrogen and oxygen atoms in total. The maximum Gasteiger partial charge on any atom is 0.282 e. The van der Waals surface area contributed by atoms with Crippen molar-refractivity contribution in [3.05, 3.63) is 40.6 Å². The van der Waals surface area contributed by atoms with Gasteiger partial charge in [0.25, 0.3) is 5.91 Å². The third-order valence-corrected chi connectivity index (χ3v) is 3.68. The van der Waals surface area contributed by atoms with Gasteiger partial charge in [-0.3, -0.25) is 4.79 Å². The lowest BCUT2D eigenvalue weighted by Gasteiger charge is -2.30. The van der Waals surface area contributed by atoms with E-state index in [1.54, 1.807) is 13.8 Å². The fraction of sp³-hybridized carbons (Fsp3) is 0.438. The first kappa shape index (κ1) is 15.5. The molecule has 21 heavy (non-hydrogen) atoms. The number of aryl methyl sites for hydroxylation is 2. The number of ether oxygens (including phenoxy) is 1. The van der Waals surface area contributed by atoms with E-state index in [4.69, 9.17) is 9.57 Å². The van der Waals surface area contributed by atoms with Crippen molar-refractivity contribution in [2.45, 2.75) is 33.2 Å². The second-order valence-electron chi connectivity index (χ2n) is 5.74. The van der Waals surface area contributed by atoms with Gasteiger partial charge in [-0.15, -0.1) is 0 Å². The number of carbonyl (C=O) groups is 1. The monoisotopic (exact) mass is 291 g/mol. The number of aliphatic hydroxyl groups excluding tert-OH is 1. The highest BCUT2D eigenvalue weighted by Gasteiger charge is 2.47. The fourth-order valence-corrected chi connectivity index (χ4v) is 2.43. The highest BCUT2D eigenvalue weighted by atomic mass is 16.8. The molecule has 2 rings (SSSR count). The van der Waals surface area contributed by atoms with Crippen LogP contribution in [0.25, 0.3) is 5.57 Å². The predicted octanol–water partition coefficient (Wildman–Crippen LogP) is 2.73. The van der Waals surface area contributed by atoms with Gasteiger partial charge >= 0.3 is 0 Å². The molecule has 1 N–H and O–H groups in total. The molecule has 0 radical (unpaired) electrons. The van der Waals surface area contributed by atoms with Crippen LogP contribution in [0.5, 0.6) is 0 Å². The Balaban J connectivity index is 2.50. The van der Waals surface area contributed by atoms with Gasteiger partial charge in [0.2, 0.25) is 0 Å². The molecule has 0 aliphatic carbocycles. The van der Waals surface area contributed by atoms with E-state index in [1.807, 2.05) is 32.0 Å². The number of rotatable bonds is 4. The maximum atomic E-state index is 12.6. The topological polar surface area (TPSA) is 59.0 Å². The summed E-state index contributed by atoms with van der Waals surface area (Å²) >= 11 is 0. The molecular formula is C16H21NO4. The summed E-state index contributed by atoms with van der Waals surface area (Å²) in [5, 5.41) is 11.7. The lowest BCUT2D eigenvalue weighted by molar-refractivity contribution is -0.238. The van der Waals surface area contributed by atoms with Crippen LogP contribution in [0, 0.1) is 13.8 Å². The van der Waals surface area contributed by atoms with E-state index >= 15 is 0 Å². The number of benzene rings is 1. The Labute approximate surface area is 124 Å². The minimum absolute atomic E-state index is 0.0114. The Hall–Kier alpha value is -1.85. The summed E-state index contributed by atoms with van der Waals surface area (Å²) in [5.41, 5.74) is 2.05. The van der Waals surface area contributed by atoms with Crippen molar-refractivity contribution in [1.82, 2.24) is 5.06 Å². The van der Waals surface area contributed by atoms with Crippen LogP contribution in [0.1, 0.15) is 30.5 Å². The highest BCUT2D eigenvalue weighted by Crippen LogP contribution is 2.39. The van der Waals surface area contributed by atoms with E-state index in [2.05, 4.69) is 0 Å². The molecule has 114 valence electrons. The summed E-state index contributed by atoms with van der Waals surface area (Å²) in [6.07, 6.45) is 0. The standard InChI is InChI=1S/C16H21NO4/c1-10-6-7-11(2)12(8-10)13-14(18)16(3,4)17(15(13)19)21-9-20-5/h6-8,18H,9H2,1-5H3. The van der Waals surface area contributed by atoms with Gasteiger partial charge < -0.3 is 9.84 Å². The molecule has 0 aromatic heterocycles. The number of aliphatic hydroxyl groups is 1. The van der Waals surface area contributed by atoms with Crippen molar-refractivity contribution in [2.75, 3.05) is 13.9 Å². The molecule has 1 aromatic carbocycles. The van der Waals surface area contributed by atoms with Crippen molar-refractivity contribution in [2.24, 2.45) is 0 Å². The number of methoxy groups -OCH3 is 1. The van der Waals surface area contributed by atoms with Crippen LogP contribution >= 0.6 is 0 Å². The Morgan fingerprint density at radius 3 is 2.57 bits per heavy atom. The quantitative estimate of drug-likeness (QED) is 0.867. The summed E-state index contributed by atoms with van der Waals surface area (Å²) in [7, 11) is 1.48. The summed E-state index contributed by atoms with van der Waals surface area (Å²) in [4.78, 5) is 18.0. The molecule has 1 aliphatic heterocycles. The van der Waals surface area contributed by atoms with Gasteiger partial charge in [0.1, 0.15) is 11.3 Å². The number of carbonyl (C=O) groups excluding carboxylic acids is 1. The van der Waals surface area contributed by atoms with Crippen LogP contribution in [0.2, 0.25) is 0 Å². The van der Waals surface area contributed by atoms with Crippen LogP contribution in [0.3, 0.4) is 0 Å². The Kier molecular flexibility index (Phi) is 4.07. The Morgan fingerprint density at radius 2 is 1.95 bits per heavy atom. The van der Waals surface area contributed by atoms with Gasteiger partial charge in [-0.2, -0.15) is 0 Å². The van der Waals surface area contributed by atoms with Crippen molar-refractivity contribution in [1.29, 1.82) is 0 Å². The minimum atomic E-state index is -0.929. The highest BCUT2D eigenvalue weighted by molar-refractivity contribution is 6.23. The van der Waals surface area contributed by atoms with E-state index in [0.717, 1.165) is 16.7 Å². The van der Waals surface area contributed by atoms with Gasteiger partial charge in [-0.1, -0.05) is 23.8 Å². The van der Waals surface area contributed by atoms with Crippen molar-refractivity contribution >= 4 is 11.5 Å². The Morgan fingerprint density at radius 1 is 1.29 bits per heavy atom. The van der Waals surface area contributed by atoms with Crippen LogP contribution in [-0.4, -0.2) is 35.5 Å². The summed E-state index contributed by atoms with van der Waals surface area (Å²) in [6, 6.07) is 5.80. The third kappa shape index (κ3) is 2.54. The maximum absolute atomic E-state index is 12.6. The lowest BCUT2D eigenvalue weighted by atomic mass is 9.95. The molecule has 5 heteroatoms. The summed E-state index contributed by atoms with van der Waals surface area (Å²) < 4.78 is 4.85. The predicted molar refractivity (Wildman–Crippen MR) is 79.4 cm³/mol. The zero-order chi connectivity index (χ0) is 15.8. The number of amides is 1. The first-order valence-corrected chi connectivity index (χ1v) is 6.78. The van der Waals surface area contributed by atoms with E-state index in [9.17, 15) is 9.90 Å². The van der Waals surface area contributed by atoms with Gasteiger partial charge in [-0.25, -0.2) is 9.90 Å². The molecule has 0 fully saturated rings. The first-order chi connectivity index (χ1) is 9.80. The molecule has 0 unspecified atom stereocenters. The molecule has 0 spiro atoms. The molecule has 1 aliphatic rings. The van der Waals surface area contributed by atoms with Crippen molar-refractivity contribution < 1.29 is 19.5 Å². The zero-order valence-electron chi connectivity index (χ0n) is 13.1. The number of hydroxylamine groups is 2. The number of hydrogen-bond donors (Lipinski definition) is 1. The molecule has 1 aromatic rings. The van der Waals surface area contributed by atoms with E-state index in [0.29, 0.717) is 0 Å². The SMILES string of the molecule is COCON1C(=O)C(c2cc(C)ccc2C)=C(O)C1(C)C. The number of hydrogen-bond acceptors (Lipinski definition) is 4.